The molecule has 80 valence electrons. The third kappa shape index (κ3) is 1.65. The van der Waals surface area contributed by atoms with Crippen LogP contribution >= 0.6 is 15.9 Å². The average Bonchev–Trinajstić information content (AvgIpc) is 2.62. The molecule has 1 saturated heterocycles. The summed E-state index contributed by atoms with van der Waals surface area (Å²) in [6.45, 7) is 2.35. The van der Waals surface area contributed by atoms with Gasteiger partial charge in [-0.05, 0) is 40.6 Å². The summed E-state index contributed by atoms with van der Waals surface area (Å²) in [7, 11) is 0. The van der Waals surface area contributed by atoms with E-state index in [4.69, 9.17) is 0 Å². The van der Waals surface area contributed by atoms with E-state index in [2.05, 4.69) is 30.8 Å². The van der Waals surface area contributed by atoms with Gasteiger partial charge in [0.1, 0.15) is 16.7 Å². The quantitative estimate of drug-likeness (QED) is 0.733. The maximum Gasteiger partial charge on any atom is 0.133 e. The van der Waals surface area contributed by atoms with Crippen molar-refractivity contribution in [3.05, 3.63) is 17.0 Å². The van der Waals surface area contributed by atoms with Crippen LogP contribution in [0.25, 0.3) is 0 Å². The van der Waals surface area contributed by atoms with Gasteiger partial charge >= 0.3 is 0 Å². The van der Waals surface area contributed by atoms with Crippen molar-refractivity contribution in [1.82, 2.24) is 9.97 Å². The lowest BCUT2D eigenvalue weighted by Crippen LogP contribution is -2.33. The van der Waals surface area contributed by atoms with Gasteiger partial charge in [-0.2, -0.15) is 0 Å². The lowest BCUT2D eigenvalue weighted by Gasteiger charge is -2.38. The van der Waals surface area contributed by atoms with Gasteiger partial charge in [0.25, 0.3) is 0 Å². The first kappa shape index (κ1) is 9.58. The van der Waals surface area contributed by atoms with Gasteiger partial charge in [0.2, 0.25) is 0 Å². The summed E-state index contributed by atoms with van der Waals surface area (Å²) in [6.07, 6.45) is 7.21. The van der Waals surface area contributed by atoms with E-state index < -0.39 is 0 Å². The Bertz CT molecular complexity index is 376. The summed E-state index contributed by atoms with van der Waals surface area (Å²) in [5.41, 5.74) is 0.636. The Kier molecular flexibility index (Phi) is 2.20. The second kappa shape index (κ2) is 3.44. The van der Waals surface area contributed by atoms with Crippen molar-refractivity contribution in [3.8, 4) is 0 Å². The number of anilines is 1. The van der Waals surface area contributed by atoms with Crippen molar-refractivity contribution >= 4 is 21.7 Å². The molecule has 0 bridgehead atoms. The molecule has 1 aliphatic carbocycles. The van der Waals surface area contributed by atoms with Crippen LogP contribution in [0.1, 0.15) is 25.7 Å². The van der Waals surface area contributed by atoms with Crippen molar-refractivity contribution in [1.29, 1.82) is 0 Å². The van der Waals surface area contributed by atoms with Gasteiger partial charge in [0, 0.05) is 19.2 Å². The van der Waals surface area contributed by atoms with Gasteiger partial charge in [-0.15, -0.1) is 0 Å². The molecule has 2 fully saturated rings. The van der Waals surface area contributed by atoms with Crippen LogP contribution in [0, 0.1) is 5.41 Å². The standard InChI is InChI=1S/C11H14BrN3/c12-9-6-10(14-8-13-9)15-5-4-11(7-15)2-1-3-11/h6,8H,1-5,7H2. The van der Waals surface area contributed by atoms with Crippen LogP contribution in [-0.2, 0) is 0 Å². The minimum atomic E-state index is 0.636. The second-order valence-corrected chi connectivity index (χ2v) is 5.54. The molecule has 4 heteroatoms. The molecule has 1 aromatic heterocycles. The summed E-state index contributed by atoms with van der Waals surface area (Å²) < 4.78 is 0.877. The van der Waals surface area contributed by atoms with E-state index in [0.29, 0.717) is 5.41 Å². The van der Waals surface area contributed by atoms with Gasteiger partial charge in [-0.1, -0.05) is 6.42 Å². The second-order valence-electron chi connectivity index (χ2n) is 4.72. The molecule has 3 rings (SSSR count). The van der Waals surface area contributed by atoms with Crippen LogP contribution in [0.2, 0.25) is 0 Å². The predicted molar refractivity (Wildman–Crippen MR) is 62.8 cm³/mol. The predicted octanol–water partition coefficient (Wildman–Crippen LogP) is 2.62. The summed E-state index contributed by atoms with van der Waals surface area (Å²) in [5, 5.41) is 0. The molecule has 3 nitrogen and oxygen atoms in total. The topological polar surface area (TPSA) is 29.0 Å². The third-order valence-corrected chi connectivity index (χ3v) is 4.23. The first-order valence-electron chi connectivity index (χ1n) is 5.50. The highest BCUT2D eigenvalue weighted by Crippen LogP contribution is 2.48. The first-order chi connectivity index (χ1) is 7.27. The minimum Gasteiger partial charge on any atom is -0.356 e. The van der Waals surface area contributed by atoms with E-state index in [1.165, 1.54) is 32.2 Å². The fourth-order valence-corrected chi connectivity index (χ4v) is 3.01. The SMILES string of the molecule is Brc1cc(N2CCC3(CCC3)C2)ncn1. The first-order valence-corrected chi connectivity index (χ1v) is 6.29. The van der Waals surface area contributed by atoms with Crippen LogP contribution < -0.4 is 4.90 Å². The summed E-state index contributed by atoms with van der Waals surface area (Å²) in [5.74, 6) is 1.07. The number of hydrogen-bond donors (Lipinski definition) is 0. The van der Waals surface area contributed by atoms with Crippen LogP contribution in [0.15, 0.2) is 17.0 Å². The largest absolute Gasteiger partial charge is 0.356 e. The molecule has 0 atom stereocenters. The van der Waals surface area contributed by atoms with E-state index in [9.17, 15) is 0 Å². The molecule has 1 aromatic rings. The maximum atomic E-state index is 4.33. The minimum absolute atomic E-state index is 0.636. The molecule has 1 saturated carbocycles. The van der Waals surface area contributed by atoms with Crippen molar-refractivity contribution < 1.29 is 0 Å². The molecule has 1 aliphatic heterocycles. The summed E-state index contributed by atoms with van der Waals surface area (Å²) >= 11 is 3.39. The van der Waals surface area contributed by atoms with Crippen molar-refractivity contribution in [2.45, 2.75) is 25.7 Å². The number of hydrogen-bond acceptors (Lipinski definition) is 3. The van der Waals surface area contributed by atoms with Gasteiger partial charge < -0.3 is 4.90 Å². The zero-order valence-electron chi connectivity index (χ0n) is 8.62. The molecule has 0 N–H and O–H groups in total. The molecular weight excluding hydrogens is 254 g/mol. The zero-order chi connectivity index (χ0) is 10.3. The Hall–Kier alpha value is -0.640. The highest BCUT2D eigenvalue weighted by Gasteiger charge is 2.43. The number of halogens is 1. The van der Waals surface area contributed by atoms with Gasteiger partial charge in [-0.25, -0.2) is 9.97 Å². The monoisotopic (exact) mass is 267 g/mol. The van der Waals surface area contributed by atoms with E-state index >= 15 is 0 Å². The third-order valence-electron chi connectivity index (χ3n) is 3.80. The molecule has 0 radical (unpaired) electrons. The van der Waals surface area contributed by atoms with Crippen molar-refractivity contribution in [2.75, 3.05) is 18.0 Å². The Morgan fingerprint density at radius 3 is 2.73 bits per heavy atom. The number of nitrogens with zero attached hydrogens (tertiary/aromatic N) is 3. The lowest BCUT2D eigenvalue weighted by atomic mass is 9.68. The van der Waals surface area contributed by atoms with Gasteiger partial charge in [0.05, 0.1) is 0 Å². The fourth-order valence-electron chi connectivity index (χ4n) is 2.71. The Labute approximate surface area is 98.0 Å². The van der Waals surface area contributed by atoms with E-state index in [-0.39, 0.29) is 0 Å². The van der Waals surface area contributed by atoms with Crippen LogP contribution in [-0.4, -0.2) is 23.1 Å². The van der Waals surface area contributed by atoms with Crippen LogP contribution in [0.3, 0.4) is 0 Å². The van der Waals surface area contributed by atoms with E-state index in [1.807, 2.05) is 6.07 Å². The Balaban J connectivity index is 1.79. The van der Waals surface area contributed by atoms with Gasteiger partial charge in [-0.3, -0.25) is 0 Å². The smallest absolute Gasteiger partial charge is 0.133 e. The lowest BCUT2D eigenvalue weighted by molar-refractivity contribution is 0.165. The van der Waals surface area contributed by atoms with E-state index in [0.717, 1.165) is 17.0 Å². The number of aromatic nitrogens is 2. The molecule has 15 heavy (non-hydrogen) atoms. The van der Waals surface area contributed by atoms with Crippen molar-refractivity contribution in [2.24, 2.45) is 5.41 Å². The Morgan fingerprint density at radius 2 is 2.13 bits per heavy atom. The van der Waals surface area contributed by atoms with E-state index in [1.54, 1.807) is 6.33 Å². The zero-order valence-corrected chi connectivity index (χ0v) is 10.2. The number of rotatable bonds is 1. The van der Waals surface area contributed by atoms with Crippen LogP contribution in [0.4, 0.5) is 5.82 Å². The molecule has 2 aliphatic rings. The molecule has 0 amide bonds. The van der Waals surface area contributed by atoms with Crippen molar-refractivity contribution in [3.63, 3.8) is 0 Å². The molecular formula is C11H14BrN3. The summed E-state index contributed by atoms with van der Waals surface area (Å²) in [4.78, 5) is 10.8. The molecule has 0 unspecified atom stereocenters. The Morgan fingerprint density at radius 1 is 1.27 bits per heavy atom. The van der Waals surface area contributed by atoms with Gasteiger partial charge in [0.15, 0.2) is 0 Å². The van der Waals surface area contributed by atoms with Crippen LogP contribution in [0.5, 0.6) is 0 Å². The average molecular weight is 268 g/mol. The molecule has 0 aromatic carbocycles. The normalized spacial score (nSPS) is 23.1. The summed E-state index contributed by atoms with van der Waals surface area (Å²) in [6, 6.07) is 2.01. The molecule has 2 heterocycles. The fraction of sp³-hybridized carbons (Fsp3) is 0.636. The highest BCUT2D eigenvalue weighted by molar-refractivity contribution is 9.10. The maximum absolute atomic E-state index is 4.33. The molecule has 1 spiro atoms. The highest BCUT2D eigenvalue weighted by atomic mass is 79.9.